The maximum absolute atomic E-state index is 8.97. The molecule has 3 heteroatoms. The zero-order valence-corrected chi connectivity index (χ0v) is 7.95. The number of aliphatic hydroxyl groups is 1. The van der Waals surface area contributed by atoms with Crippen molar-refractivity contribution in [1.82, 2.24) is 5.32 Å². The van der Waals surface area contributed by atoms with Gasteiger partial charge in [-0.3, -0.25) is 0 Å². The lowest BCUT2D eigenvalue weighted by Crippen LogP contribution is -2.37. The lowest BCUT2D eigenvalue weighted by atomic mass is 10.1. The second-order valence-electron chi connectivity index (χ2n) is 3.27. The van der Waals surface area contributed by atoms with Gasteiger partial charge in [-0.15, -0.1) is 11.3 Å². The summed E-state index contributed by atoms with van der Waals surface area (Å²) in [4.78, 5) is 2.82. The fourth-order valence-electron chi connectivity index (χ4n) is 1.62. The van der Waals surface area contributed by atoms with E-state index in [1.165, 1.54) is 15.3 Å². The zero-order valence-electron chi connectivity index (χ0n) is 7.13. The number of nitrogens with one attached hydrogen (secondary N) is 1. The Kier molecular flexibility index (Phi) is 2.17. The van der Waals surface area contributed by atoms with Gasteiger partial charge in [-0.1, -0.05) is 0 Å². The summed E-state index contributed by atoms with van der Waals surface area (Å²) in [5, 5.41) is 12.3. The number of aryl methyl sites for hydroxylation is 1. The maximum Gasteiger partial charge on any atom is 0.0588 e. The van der Waals surface area contributed by atoms with Crippen molar-refractivity contribution in [3.05, 3.63) is 21.4 Å². The Balaban J connectivity index is 2.22. The van der Waals surface area contributed by atoms with Crippen molar-refractivity contribution < 1.29 is 5.11 Å². The molecule has 12 heavy (non-hydrogen) atoms. The highest BCUT2D eigenvalue weighted by molar-refractivity contribution is 7.12. The molecular formula is C9H13NOS. The van der Waals surface area contributed by atoms with Gasteiger partial charge >= 0.3 is 0 Å². The molecule has 0 aromatic carbocycles. The minimum atomic E-state index is 0.246. The molecule has 1 unspecified atom stereocenters. The van der Waals surface area contributed by atoms with E-state index in [2.05, 4.69) is 18.3 Å². The molecule has 1 aromatic heterocycles. The van der Waals surface area contributed by atoms with Crippen molar-refractivity contribution in [2.24, 2.45) is 0 Å². The minimum absolute atomic E-state index is 0.246. The highest BCUT2D eigenvalue weighted by atomic mass is 32.1. The van der Waals surface area contributed by atoms with E-state index in [0.29, 0.717) is 0 Å². The molecular weight excluding hydrogens is 170 g/mol. The molecule has 2 nitrogen and oxygen atoms in total. The van der Waals surface area contributed by atoms with Crippen LogP contribution in [0.5, 0.6) is 0 Å². The Morgan fingerprint density at radius 2 is 2.58 bits per heavy atom. The van der Waals surface area contributed by atoms with Gasteiger partial charge in [0.1, 0.15) is 0 Å². The van der Waals surface area contributed by atoms with Crippen LogP contribution in [0.3, 0.4) is 0 Å². The summed E-state index contributed by atoms with van der Waals surface area (Å²) in [7, 11) is 0. The van der Waals surface area contributed by atoms with Crippen LogP contribution >= 0.6 is 11.3 Å². The van der Waals surface area contributed by atoms with Gasteiger partial charge in [-0.2, -0.15) is 0 Å². The van der Waals surface area contributed by atoms with E-state index in [9.17, 15) is 0 Å². The quantitative estimate of drug-likeness (QED) is 0.682. The molecule has 0 amide bonds. The van der Waals surface area contributed by atoms with Crippen LogP contribution < -0.4 is 5.32 Å². The first-order valence-electron chi connectivity index (χ1n) is 4.22. The SMILES string of the molecule is Cc1cc2c(s1)CC(CO)NC2. The molecule has 1 atom stereocenters. The van der Waals surface area contributed by atoms with Crippen molar-refractivity contribution in [1.29, 1.82) is 0 Å². The average Bonchev–Trinajstić information content (AvgIpc) is 2.43. The van der Waals surface area contributed by atoms with Crippen molar-refractivity contribution in [3.63, 3.8) is 0 Å². The van der Waals surface area contributed by atoms with E-state index in [1.54, 1.807) is 0 Å². The number of hydrogen-bond donors (Lipinski definition) is 2. The Labute approximate surface area is 76.2 Å². The highest BCUT2D eigenvalue weighted by Crippen LogP contribution is 2.25. The van der Waals surface area contributed by atoms with Crippen LogP contribution in [-0.4, -0.2) is 17.8 Å². The van der Waals surface area contributed by atoms with Crippen LogP contribution in [-0.2, 0) is 13.0 Å². The molecule has 2 heterocycles. The largest absolute Gasteiger partial charge is 0.395 e. The Morgan fingerprint density at radius 1 is 1.75 bits per heavy atom. The van der Waals surface area contributed by atoms with E-state index in [0.717, 1.165) is 13.0 Å². The van der Waals surface area contributed by atoms with Gasteiger partial charge in [0.15, 0.2) is 0 Å². The topological polar surface area (TPSA) is 32.3 Å². The van der Waals surface area contributed by atoms with Gasteiger partial charge in [-0.25, -0.2) is 0 Å². The molecule has 0 bridgehead atoms. The molecule has 0 saturated carbocycles. The van der Waals surface area contributed by atoms with Gasteiger partial charge in [0.05, 0.1) is 6.61 Å². The van der Waals surface area contributed by atoms with Crippen molar-refractivity contribution >= 4 is 11.3 Å². The third-order valence-electron chi connectivity index (χ3n) is 2.25. The van der Waals surface area contributed by atoms with Gasteiger partial charge in [-0.05, 0) is 25.0 Å². The van der Waals surface area contributed by atoms with Gasteiger partial charge in [0, 0.05) is 22.3 Å². The van der Waals surface area contributed by atoms with E-state index >= 15 is 0 Å². The summed E-state index contributed by atoms with van der Waals surface area (Å²) in [6, 6.07) is 2.51. The predicted molar refractivity (Wildman–Crippen MR) is 50.5 cm³/mol. The summed E-state index contributed by atoms with van der Waals surface area (Å²) < 4.78 is 0. The van der Waals surface area contributed by atoms with E-state index < -0.39 is 0 Å². The summed E-state index contributed by atoms with van der Waals surface area (Å²) in [5.41, 5.74) is 1.42. The molecule has 1 aliphatic heterocycles. The molecule has 0 radical (unpaired) electrons. The monoisotopic (exact) mass is 183 g/mol. The van der Waals surface area contributed by atoms with Gasteiger partial charge in [0.2, 0.25) is 0 Å². The van der Waals surface area contributed by atoms with E-state index in [1.807, 2.05) is 11.3 Å². The lowest BCUT2D eigenvalue weighted by molar-refractivity contribution is 0.237. The van der Waals surface area contributed by atoms with Crippen molar-refractivity contribution in [2.45, 2.75) is 25.9 Å². The van der Waals surface area contributed by atoms with Gasteiger partial charge < -0.3 is 10.4 Å². The molecule has 0 fully saturated rings. The molecule has 1 aliphatic rings. The molecule has 2 N–H and O–H groups in total. The molecule has 1 aromatic rings. The zero-order chi connectivity index (χ0) is 8.55. The highest BCUT2D eigenvalue weighted by Gasteiger charge is 2.18. The Hall–Kier alpha value is -0.380. The second kappa shape index (κ2) is 3.17. The van der Waals surface area contributed by atoms with Crippen LogP contribution in [0.25, 0.3) is 0 Å². The number of fused-ring (bicyclic) bond motifs is 1. The summed E-state index contributed by atoms with van der Waals surface area (Å²) in [5.74, 6) is 0. The Bertz CT molecular complexity index is 282. The molecule has 0 aliphatic carbocycles. The fraction of sp³-hybridized carbons (Fsp3) is 0.556. The van der Waals surface area contributed by atoms with Crippen LogP contribution in [0, 0.1) is 6.92 Å². The summed E-state index contributed by atoms with van der Waals surface area (Å²) >= 11 is 1.86. The third kappa shape index (κ3) is 1.40. The first-order valence-corrected chi connectivity index (χ1v) is 5.03. The standard InChI is InChI=1S/C9H13NOS/c1-6-2-7-4-10-8(5-11)3-9(7)12-6/h2,8,10-11H,3-5H2,1H3. The first-order chi connectivity index (χ1) is 5.79. The summed E-state index contributed by atoms with van der Waals surface area (Å²) in [6.45, 7) is 3.30. The number of rotatable bonds is 1. The van der Waals surface area contributed by atoms with Crippen LogP contribution in [0.2, 0.25) is 0 Å². The second-order valence-corrected chi connectivity index (χ2v) is 4.61. The normalized spacial score (nSPS) is 22.3. The first kappa shape index (κ1) is 8.23. The minimum Gasteiger partial charge on any atom is -0.395 e. The molecule has 0 saturated heterocycles. The third-order valence-corrected chi connectivity index (χ3v) is 3.37. The smallest absolute Gasteiger partial charge is 0.0588 e. The number of aliphatic hydroxyl groups excluding tert-OH is 1. The van der Waals surface area contributed by atoms with E-state index in [4.69, 9.17) is 5.11 Å². The number of hydrogen-bond acceptors (Lipinski definition) is 3. The number of thiophene rings is 1. The average molecular weight is 183 g/mol. The maximum atomic E-state index is 8.97. The Morgan fingerprint density at radius 3 is 3.33 bits per heavy atom. The summed E-state index contributed by atoms with van der Waals surface area (Å²) in [6.07, 6.45) is 0.990. The van der Waals surface area contributed by atoms with Crippen LogP contribution in [0.4, 0.5) is 0 Å². The molecule has 66 valence electrons. The fourth-order valence-corrected chi connectivity index (χ4v) is 2.75. The molecule has 2 rings (SSSR count). The van der Waals surface area contributed by atoms with Crippen LogP contribution in [0.15, 0.2) is 6.07 Å². The van der Waals surface area contributed by atoms with Crippen LogP contribution in [0.1, 0.15) is 15.3 Å². The molecule has 0 spiro atoms. The lowest BCUT2D eigenvalue weighted by Gasteiger charge is -2.21. The van der Waals surface area contributed by atoms with Crippen molar-refractivity contribution in [2.75, 3.05) is 6.61 Å². The van der Waals surface area contributed by atoms with E-state index in [-0.39, 0.29) is 12.6 Å². The predicted octanol–water partition coefficient (Wildman–Crippen LogP) is 1.06. The van der Waals surface area contributed by atoms with Crippen molar-refractivity contribution in [3.8, 4) is 0 Å². The van der Waals surface area contributed by atoms with Gasteiger partial charge in [0.25, 0.3) is 0 Å².